The molecule has 0 spiro atoms. The van der Waals surface area contributed by atoms with Crippen molar-refractivity contribution in [3.63, 3.8) is 0 Å². The van der Waals surface area contributed by atoms with E-state index in [1.807, 2.05) is 37.3 Å². The fraction of sp³-hybridized carbons (Fsp3) is 0.308. The maximum Gasteiger partial charge on any atom is 0.149 e. The van der Waals surface area contributed by atoms with Crippen LogP contribution in [0.15, 0.2) is 42.5 Å². The van der Waals surface area contributed by atoms with Crippen LogP contribution in [0.25, 0.3) is 0 Å². The fourth-order valence-corrected chi connectivity index (χ4v) is 1.27. The van der Waals surface area contributed by atoms with Crippen molar-refractivity contribution in [2.75, 3.05) is 0 Å². The number of aldehydes is 1. The molecule has 0 amide bonds. The van der Waals surface area contributed by atoms with Crippen molar-refractivity contribution in [2.45, 2.75) is 26.1 Å². The molecule has 1 unspecified atom stereocenters. The van der Waals surface area contributed by atoms with E-state index < -0.39 is 0 Å². The summed E-state index contributed by atoms with van der Waals surface area (Å²) >= 11 is 0. The molecule has 1 aromatic rings. The first-order valence-electron chi connectivity index (χ1n) is 4.97. The van der Waals surface area contributed by atoms with Gasteiger partial charge in [-0.1, -0.05) is 35.9 Å². The zero-order valence-electron chi connectivity index (χ0n) is 8.98. The van der Waals surface area contributed by atoms with Gasteiger partial charge in [0.25, 0.3) is 0 Å². The van der Waals surface area contributed by atoms with Crippen molar-refractivity contribution < 1.29 is 9.53 Å². The summed E-state index contributed by atoms with van der Waals surface area (Å²) in [5.74, 6) is 0. The molecule has 0 aromatic heterocycles. The van der Waals surface area contributed by atoms with Gasteiger partial charge in [-0.3, -0.25) is 0 Å². The molecule has 0 bridgehead atoms. The van der Waals surface area contributed by atoms with Crippen LogP contribution < -0.4 is 0 Å². The van der Waals surface area contributed by atoms with Gasteiger partial charge in [-0.25, -0.2) is 0 Å². The predicted molar refractivity (Wildman–Crippen MR) is 60.5 cm³/mol. The van der Waals surface area contributed by atoms with Crippen LogP contribution in [0, 0.1) is 0 Å². The molecule has 1 rings (SSSR count). The Morgan fingerprint density at radius 1 is 1.47 bits per heavy atom. The van der Waals surface area contributed by atoms with Gasteiger partial charge in [0.15, 0.2) is 0 Å². The standard InChI is InChI=1S/C13H16O2/c1-11(2)8-13(9-14)15-10-12-6-4-3-5-7-12/h3-7,9,13H,1,8,10H2,2H3. The van der Waals surface area contributed by atoms with Gasteiger partial charge in [0.05, 0.1) is 6.61 Å². The number of rotatable bonds is 6. The molecule has 2 nitrogen and oxygen atoms in total. The van der Waals surface area contributed by atoms with Gasteiger partial charge in [0.1, 0.15) is 12.4 Å². The lowest BCUT2D eigenvalue weighted by Gasteiger charge is -2.11. The number of carbonyl (C=O) groups is 1. The summed E-state index contributed by atoms with van der Waals surface area (Å²) in [5.41, 5.74) is 2.03. The summed E-state index contributed by atoms with van der Waals surface area (Å²) < 4.78 is 5.46. The molecule has 0 saturated heterocycles. The monoisotopic (exact) mass is 204 g/mol. The Bertz CT molecular complexity index is 317. The third kappa shape index (κ3) is 4.56. The SMILES string of the molecule is C=C(C)CC(C=O)OCc1ccccc1. The van der Waals surface area contributed by atoms with Crippen LogP contribution in [0.3, 0.4) is 0 Å². The second kappa shape index (κ2) is 6.14. The smallest absolute Gasteiger partial charge is 0.149 e. The molecule has 1 atom stereocenters. The first-order chi connectivity index (χ1) is 7.22. The van der Waals surface area contributed by atoms with Crippen LogP contribution in [-0.2, 0) is 16.1 Å². The maximum atomic E-state index is 10.7. The van der Waals surface area contributed by atoms with E-state index in [0.717, 1.165) is 17.4 Å². The largest absolute Gasteiger partial charge is 0.366 e. The Labute approximate surface area is 90.6 Å². The van der Waals surface area contributed by atoms with E-state index in [4.69, 9.17) is 4.74 Å². The second-order valence-electron chi connectivity index (χ2n) is 3.63. The summed E-state index contributed by atoms with van der Waals surface area (Å²) in [5, 5.41) is 0. The fourth-order valence-electron chi connectivity index (χ4n) is 1.27. The normalized spacial score (nSPS) is 12.1. The molecule has 0 N–H and O–H groups in total. The maximum absolute atomic E-state index is 10.7. The quantitative estimate of drug-likeness (QED) is 0.526. The van der Waals surface area contributed by atoms with E-state index in [1.54, 1.807) is 0 Å². The van der Waals surface area contributed by atoms with Crippen LogP contribution in [0.5, 0.6) is 0 Å². The summed E-state index contributed by atoms with van der Waals surface area (Å²) in [4.78, 5) is 10.7. The topological polar surface area (TPSA) is 26.3 Å². The molecule has 0 aliphatic rings. The minimum Gasteiger partial charge on any atom is -0.366 e. The highest BCUT2D eigenvalue weighted by Crippen LogP contribution is 2.08. The van der Waals surface area contributed by atoms with Gasteiger partial charge in [-0.05, 0) is 12.5 Å². The number of carbonyl (C=O) groups excluding carboxylic acids is 1. The van der Waals surface area contributed by atoms with E-state index in [9.17, 15) is 4.79 Å². The van der Waals surface area contributed by atoms with Crippen molar-refractivity contribution in [3.8, 4) is 0 Å². The number of benzene rings is 1. The lowest BCUT2D eigenvalue weighted by atomic mass is 10.1. The van der Waals surface area contributed by atoms with Gasteiger partial charge in [0.2, 0.25) is 0 Å². The highest BCUT2D eigenvalue weighted by atomic mass is 16.5. The molecule has 2 heteroatoms. The van der Waals surface area contributed by atoms with Gasteiger partial charge >= 0.3 is 0 Å². The molecule has 0 radical (unpaired) electrons. The minimum atomic E-state index is -0.372. The van der Waals surface area contributed by atoms with Crippen molar-refractivity contribution in [2.24, 2.45) is 0 Å². The summed E-state index contributed by atoms with van der Waals surface area (Å²) in [6.07, 6.45) is 1.05. The van der Waals surface area contributed by atoms with E-state index in [0.29, 0.717) is 13.0 Å². The van der Waals surface area contributed by atoms with Crippen LogP contribution in [0.1, 0.15) is 18.9 Å². The van der Waals surface area contributed by atoms with Gasteiger partial charge in [0, 0.05) is 6.42 Å². The Morgan fingerprint density at radius 3 is 2.67 bits per heavy atom. The Balaban J connectivity index is 2.41. The van der Waals surface area contributed by atoms with Gasteiger partial charge < -0.3 is 9.53 Å². The van der Waals surface area contributed by atoms with Crippen LogP contribution in [0.2, 0.25) is 0 Å². The number of hydrogen-bond acceptors (Lipinski definition) is 2. The highest BCUT2D eigenvalue weighted by molar-refractivity contribution is 5.56. The molecule has 0 aliphatic heterocycles. The second-order valence-corrected chi connectivity index (χ2v) is 3.63. The zero-order chi connectivity index (χ0) is 11.1. The van der Waals surface area contributed by atoms with E-state index in [2.05, 4.69) is 6.58 Å². The van der Waals surface area contributed by atoms with Crippen molar-refractivity contribution in [1.29, 1.82) is 0 Å². The lowest BCUT2D eigenvalue weighted by Crippen LogP contribution is -2.14. The average Bonchev–Trinajstić information content (AvgIpc) is 2.25. The lowest BCUT2D eigenvalue weighted by molar-refractivity contribution is -0.118. The highest BCUT2D eigenvalue weighted by Gasteiger charge is 2.07. The van der Waals surface area contributed by atoms with E-state index in [1.165, 1.54) is 0 Å². The Hall–Kier alpha value is -1.41. The molecule has 0 fully saturated rings. The third-order valence-corrected chi connectivity index (χ3v) is 2.01. The summed E-state index contributed by atoms with van der Waals surface area (Å²) in [6.45, 7) is 6.12. The summed E-state index contributed by atoms with van der Waals surface area (Å²) in [6, 6.07) is 9.81. The van der Waals surface area contributed by atoms with Crippen LogP contribution >= 0.6 is 0 Å². The Kier molecular flexibility index (Phi) is 4.78. The van der Waals surface area contributed by atoms with Gasteiger partial charge in [-0.15, -0.1) is 6.58 Å². The predicted octanol–water partition coefficient (Wildman–Crippen LogP) is 2.74. The van der Waals surface area contributed by atoms with E-state index >= 15 is 0 Å². The molecule has 0 heterocycles. The molecule has 80 valence electrons. The van der Waals surface area contributed by atoms with Crippen molar-refractivity contribution in [1.82, 2.24) is 0 Å². The Morgan fingerprint density at radius 2 is 2.13 bits per heavy atom. The molecule has 15 heavy (non-hydrogen) atoms. The third-order valence-electron chi connectivity index (χ3n) is 2.01. The molecule has 0 saturated carbocycles. The number of hydrogen-bond donors (Lipinski definition) is 0. The van der Waals surface area contributed by atoms with Crippen molar-refractivity contribution in [3.05, 3.63) is 48.0 Å². The average molecular weight is 204 g/mol. The molecule has 0 aliphatic carbocycles. The van der Waals surface area contributed by atoms with Gasteiger partial charge in [-0.2, -0.15) is 0 Å². The zero-order valence-corrected chi connectivity index (χ0v) is 8.98. The molecular weight excluding hydrogens is 188 g/mol. The molecular formula is C13H16O2. The first-order valence-corrected chi connectivity index (χ1v) is 4.97. The first kappa shape index (κ1) is 11.7. The molecule has 1 aromatic carbocycles. The van der Waals surface area contributed by atoms with Crippen molar-refractivity contribution >= 4 is 6.29 Å². The summed E-state index contributed by atoms with van der Waals surface area (Å²) in [7, 11) is 0. The van der Waals surface area contributed by atoms with E-state index in [-0.39, 0.29) is 6.10 Å². The van der Waals surface area contributed by atoms with Crippen LogP contribution in [0.4, 0.5) is 0 Å². The minimum absolute atomic E-state index is 0.372. The number of ether oxygens (including phenoxy) is 1. The van der Waals surface area contributed by atoms with Crippen LogP contribution in [-0.4, -0.2) is 12.4 Å².